The van der Waals surface area contributed by atoms with Gasteiger partial charge in [0.25, 0.3) is 0 Å². The van der Waals surface area contributed by atoms with Crippen molar-refractivity contribution in [3.8, 4) is 11.5 Å². The highest BCUT2D eigenvalue weighted by atomic mass is 16.5. The fraction of sp³-hybridized carbons (Fsp3) is 0.441. The van der Waals surface area contributed by atoms with Crippen LogP contribution in [0.1, 0.15) is 100 Å². The minimum atomic E-state index is -0.727. The number of esters is 1. The van der Waals surface area contributed by atoms with Gasteiger partial charge in [-0.05, 0) is 40.0 Å². The number of ether oxygens (including phenoxy) is 2. The van der Waals surface area contributed by atoms with E-state index in [1.807, 2.05) is 6.92 Å². The molecule has 0 fully saturated rings. The third-order valence-electron chi connectivity index (χ3n) is 7.31. The van der Waals surface area contributed by atoms with Gasteiger partial charge in [-0.15, -0.1) is 0 Å². The summed E-state index contributed by atoms with van der Waals surface area (Å²) < 4.78 is 11.1. The molecule has 6 nitrogen and oxygen atoms in total. The van der Waals surface area contributed by atoms with Gasteiger partial charge in [0.05, 0.1) is 13.0 Å². The zero-order chi connectivity index (χ0) is 29.8. The van der Waals surface area contributed by atoms with E-state index >= 15 is 0 Å². The maximum absolute atomic E-state index is 13.2. The van der Waals surface area contributed by atoms with Gasteiger partial charge in [0.2, 0.25) is 0 Å². The molecule has 0 saturated carbocycles. The lowest BCUT2D eigenvalue weighted by atomic mass is 9.81. The monoisotopic (exact) mass is 545 g/mol. The molecule has 0 aliphatic carbocycles. The highest BCUT2D eigenvalue weighted by Crippen LogP contribution is 2.34. The molecule has 40 heavy (non-hydrogen) atoms. The van der Waals surface area contributed by atoms with Crippen LogP contribution in [0.5, 0.6) is 11.5 Å². The summed E-state index contributed by atoms with van der Waals surface area (Å²) in [5.41, 5.74) is 4.47. The van der Waals surface area contributed by atoms with Crippen molar-refractivity contribution in [3.63, 3.8) is 0 Å². The quantitative estimate of drug-likeness (QED) is 0.223. The van der Waals surface area contributed by atoms with Gasteiger partial charge in [0.15, 0.2) is 23.0 Å². The van der Waals surface area contributed by atoms with Crippen molar-refractivity contribution in [2.75, 3.05) is 7.11 Å². The van der Waals surface area contributed by atoms with Crippen LogP contribution in [0.15, 0.2) is 60.8 Å². The van der Waals surface area contributed by atoms with Crippen molar-refractivity contribution < 1.29 is 24.2 Å². The minimum Gasteiger partial charge on any atom is -0.503 e. The number of aromatic hydroxyl groups is 1. The van der Waals surface area contributed by atoms with Gasteiger partial charge in [0, 0.05) is 24.6 Å². The van der Waals surface area contributed by atoms with Crippen LogP contribution in [-0.2, 0) is 20.4 Å². The normalized spacial score (nSPS) is 13.6. The van der Waals surface area contributed by atoms with Crippen LogP contribution in [0.25, 0.3) is 0 Å². The number of hydrogen-bond donors (Lipinski definition) is 1. The summed E-state index contributed by atoms with van der Waals surface area (Å²) in [7, 11) is 1.40. The first-order valence-electron chi connectivity index (χ1n) is 13.8. The molecule has 3 rings (SSSR count). The number of benzene rings is 2. The number of aromatic nitrogens is 1. The Morgan fingerprint density at radius 1 is 0.825 bits per heavy atom. The van der Waals surface area contributed by atoms with Crippen molar-refractivity contribution in [1.29, 1.82) is 0 Å². The first-order valence-corrected chi connectivity index (χ1v) is 13.8. The van der Waals surface area contributed by atoms with Crippen LogP contribution in [0, 0.1) is 5.92 Å². The Morgan fingerprint density at radius 3 is 1.73 bits per heavy atom. The summed E-state index contributed by atoms with van der Waals surface area (Å²) >= 11 is 0. The van der Waals surface area contributed by atoms with Crippen molar-refractivity contribution in [1.82, 2.24) is 4.98 Å². The van der Waals surface area contributed by atoms with Gasteiger partial charge >= 0.3 is 5.97 Å². The van der Waals surface area contributed by atoms with Gasteiger partial charge in [0.1, 0.15) is 6.10 Å². The third kappa shape index (κ3) is 7.29. The second-order valence-corrected chi connectivity index (χ2v) is 12.6. The molecular formula is C34H43NO5. The summed E-state index contributed by atoms with van der Waals surface area (Å²) in [5.74, 6) is -2.04. The second kappa shape index (κ2) is 12.2. The van der Waals surface area contributed by atoms with Crippen LogP contribution in [-0.4, -0.2) is 35.1 Å². The summed E-state index contributed by atoms with van der Waals surface area (Å²) in [6, 6.07) is 18.4. The third-order valence-corrected chi connectivity index (χ3v) is 7.31. The molecule has 0 spiro atoms. The SMILES string of the molecule is COc1ccnc(C(=O)C[C@@H](C)C(=O)O[C@@H](C)C(c2ccc(C(C)(C)C)cc2)c2ccc(C(C)(C)C)cc2)c1O. The number of nitrogens with zero attached hydrogens (tertiary/aromatic N) is 1. The molecule has 0 bridgehead atoms. The Labute approximate surface area is 238 Å². The first-order chi connectivity index (χ1) is 18.6. The van der Waals surface area contributed by atoms with Gasteiger partial charge < -0.3 is 14.6 Å². The summed E-state index contributed by atoms with van der Waals surface area (Å²) in [4.78, 5) is 30.0. The van der Waals surface area contributed by atoms with Gasteiger partial charge in [-0.25, -0.2) is 4.98 Å². The molecule has 6 heteroatoms. The fourth-order valence-corrected chi connectivity index (χ4v) is 4.75. The van der Waals surface area contributed by atoms with Gasteiger partial charge in [-0.3, -0.25) is 9.59 Å². The summed E-state index contributed by atoms with van der Waals surface area (Å²) in [6.07, 6.45) is 0.747. The fourth-order valence-electron chi connectivity index (χ4n) is 4.75. The molecule has 1 aromatic heterocycles. The van der Waals surface area contributed by atoms with Crippen molar-refractivity contribution in [2.24, 2.45) is 5.92 Å². The predicted octanol–water partition coefficient (Wildman–Crippen LogP) is 7.36. The molecule has 214 valence electrons. The van der Waals surface area contributed by atoms with Crippen molar-refractivity contribution >= 4 is 11.8 Å². The van der Waals surface area contributed by atoms with Crippen LogP contribution >= 0.6 is 0 Å². The Kier molecular flexibility index (Phi) is 9.44. The zero-order valence-corrected chi connectivity index (χ0v) is 25.2. The molecule has 0 unspecified atom stereocenters. The standard InChI is InChI=1S/C34H43NO5/c1-21(20-27(36)30-31(37)28(39-9)18-19-35-30)32(38)40-22(2)29(23-10-14-25(15-11-23)33(3,4)5)24-12-16-26(17-13-24)34(6,7)8/h10-19,21-22,29,37H,20H2,1-9H3/t21-,22+/m1/s1. The topological polar surface area (TPSA) is 85.7 Å². The number of carbonyl (C=O) groups excluding carboxylic acids is 2. The zero-order valence-electron chi connectivity index (χ0n) is 25.2. The number of ketones is 1. The molecule has 1 heterocycles. The van der Waals surface area contributed by atoms with E-state index in [1.165, 1.54) is 30.5 Å². The lowest BCUT2D eigenvalue weighted by Gasteiger charge is -2.28. The van der Waals surface area contributed by atoms with Crippen LogP contribution < -0.4 is 4.74 Å². The number of hydrogen-bond acceptors (Lipinski definition) is 6. The van der Waals surface area contributed by atoms with Crippen LogP contribution in [0.2, 0.25) is 0 Å². The van der Waals surface area contributed by atoms with E-state index in [-0.39, 0.29) is 40.4 Å². The van der Waals surface area contributed by atoms with Crippen LogP contribution in [0.3, 0.4) is 0 Å². The molecule has 3 aromatic rings. The average molecular weight is 546 g/mol. The molecule has 0 aliphatic rings. The maximum Gasteiger partial charge on any atom is 0.309 e. The highest BCUT2D eigenvalue weighted by molar-refractivity contribution is 5.99. The lowest BCUT2D eigenvalue weighted by Crippen LogP contribution is -2.28. The Morgan fingerprint density at radius 2 is 1.30 bits per heavy atom. The number of rotatable bonds is 9. The van der Waals surface area contributed by atoms with E-state index in [0.29, 0.717) is 0 Å². The number of Topliss-reactive ketones (excluding diaryl/α,β-unsaturated/α-hetero) is 1. The first kappa shape index (κ1) is 30.9. The molecule has 0 saturated heterocycles. The highest BCUT2D eigenvalue weighted by Gasteiger charge is 2.29. The Hall–Kier alpha value is -3.67. The molecule has 0 amide bonds. The largest absolute Gasteiger partial charge is 0.503 e. The van der Waals surface area contributed by atoms with E-state index in [0.717, 1.165) is 11.1 Å². The summed E-state index contributed by atoms with van der Waals surface area (Å²) in [6.45, 7) is 16.6. The predicted molar refractivity (Wildman–Crippen MR) is 158 cm³/mol. The molecule has 2 aromatic carbocycles. The van der Waals surface area contributed by atoms with Gasteiger partial charge in [-0.2, -0.15) is 0 Å². The maximum atomic E-state index is 13.2. The van der Waals surface area contributed by atoms with Gasteiger partial charge in [-0.1, -0.05) is 97.0 Å². The van der Waals surface area contributed by atoms with Crippen molar-refractivity contribution in [3.05, 3.63) is 88.7 Å². The number of methoxy groups -OCH3 is 1. The molecule has 2 atom stereocenters. The van der Waals surface area contributed by atoms with E-state index < -0.39 is 23.8 Å². The number of pyridine rings is 1. The number of carbonyl (C=O) groups is 2. The Bertz CT molecular complexity index is 1260. The average Bonchev–Trinajstić information content (AvgIpc) is 2.88. The minimum absolute atomic E-state index is 0.0223. The van der Waals surface area contributed by atoms with E-state index in [1.54, 1.807) is 6.92 Å². The smallest absolute Gasteiger partial charge is 0.309 e. The lowest BCUT2D eigenvalue weighted by molar-refractivity contribution is -0.153. The molecular weight excluding hydrogens is 502 g/mol. The molecule has 1 N–H and O–H groups in total. The summed E-state index contributed by atoms with van der Waals surface area (Å²) in [5, 5.41) is 10.3. The van der Waals surface area contributed by atoms with E-state index in [2.05, 4.69) is 95.1 Å². The Balaban J connectivity index is 1.85. The van der Waals surface area contributed by atoms with E-state index in [4.69, 9.17) is 9.47 Å². The van der Waals surface area contributed by atoms with E-state index in [9.17, 15) is 14.7 Å². The molecule has 0 aliphatic heterocycles. The second-order valence-electron chi connectivity index (χ2n) is 12.6. The van der Waals surface area contributed by atoms with Crippen LogP contribution in [0.4, 0.5) is 0 Å². The molecule has 0 radical (unpaired) electrons. The van der Waals surface area contributed by atoms with Crippen molar-refractivity contribution in [2.45, 2.75) is 84.7 Å².